The number of carbonyl (C=O) groups is 1. The minimum Gasteiger partial charge on any atom is -0.350 e. The van der Waals surface area contributed by atoms with E-state index in [1.807, 2.05) is 19.9 Å². The van der Waals surface area contributed by atoms with Gasteiger partial charge in [-0.1, -0.05) is 51.5 Å². The van der Waals surface area contributed by atoms with Gasteiger partial charge >= 0.3 is 0 Å². The second-order valence-electron chi connectivity index (χ2n) is 8.26. The zero-order valence-corrected chi connectivity index (χ0v) is 16.3. The van der Waals surface area contributed by atoms with E-state index in [1.165, 1.54) is 17.5 Å². The smallest absolute Gasteiger partial charge is 0.240 e. The van der Waals surface area contributed by atoms with Gasteiger partial charge in [0.05, 0.1) is 5.54 Å². The van der Waals surface area contributed by atoms with Gasteiger partial charge in [0.25, 0.3) is 0 Å². The Balaban J connectivity index is 1.99. The standard InChI is InChI=1S/C21H35N3O/c1-5-10-21(4,22)20(25)23-12-18-8-6-7-9-19(18)15-24-13-16(2)11-17(3)14-24/h6-9,16-17H,5,10-15,22H2,1-4H3,(H,23,25). The van der Waals surface area contributed by atoms with Gasteiger partial charge in [-0.3, -0.25) is 9.69 Å². The highest BCUT2D eigenvalue weighted by atomic mass is 16.2. The number of hydrogen-bond donors (Lipinski definition) is 2. The highest BCUT2D eigenvalue weighted by molar-refractivity contribution is 5.85. The Hall–Kier alpha value is -1.39. The summed E-state index contributed by atoms with van der Waals surface area (Å²) in [6.45, 7) is 12.3. The largest absolute Gasteiger partial charge is 0.350 e. The van der Waals surface area contributed by atoms with Gasteiger partial charge in [0.1, 0.15) is 0 Å². The molecule has 0 aliphatic carbocycles. The van der Waals surface area contributed by atoms with E-state index >= 15 is 0 Å². The Bertz CT molecular complexity index is 560. The van der Waals surface area contributed by atoms with Crippen molar-refractivity contribution in [3.05, 3.63) is 35.4 Å². The number of rotatable bonds is 7. The molecular formula is C21H35N3O. The van der Waals surface area contributed by atoms with Crippen molar-refractivity contribution < 1.29 is 4.79 Å². The highest BCUT2D eigenvalue weighted by Crippen LogP contribution is 2.23. The summed E-state index contributed by atoms with van der Waals surface area (Å²) in [6.07, 6.45) is 2.92. The maximum Gasteiger partial charge on any atom is 0.240 e. The van der Waals surface area contributed by atoms with Crippen LogP contribution in [0.5, 0.6) is 0 Å². The van der Waals surface area contributed by atoms with Crippen LogP contribution in [-0.2, 0) is 17.9 Å². The molecule has 1 fully saturated rings. The van der Waals surface area contributed by atoms with E-state index in [-0.39, 0.29) is 5.91 Å². The Labute approximate surface area is 153 Å². The van der Waals surface area contributed by atoms with Gasteiger partial charge in [-0.2, -0.15) is 0 Å². The number of amides is 1. The van der Waals surface area contributed by atoms with Crippen molar-refractivity contribution in [3.63, 3.8) is 0 Å². The van der Waals surface area contributed by atoms with Gasteiger partial charge in [-0.05, 0) is 42.7 Å². The van der Waals surface area contributed by atoms with Crippen molar-refractivity contribution in [2.24, 2.45) is 17.6 Å². The van der Waals surface area contributed by atoms with Gasteiger partial charge in [0, 0.05) is 26.2 Å². The summed E-state index contributed by atoms with van der Waals surface area (Å²) >= 11 is 0. The number of carbonyl (C=O) groups excluding carboxylic acids is 1. The Morgan fingerprint density at radius 1 is 1.24 bits per heavy atom. The van der Waals surface area contributed by atoms with Gasteiger partial charge < -0.3 is 11.1 Å². The molecule has 1 saturated heterocycles. The van der Waals surface area contributed by atoms with Crippen LogP contribution in [0.1, 0.15) is 58.1 Å². The molecule has 1 amide bonds. The lowest BCUT2D eigenvalue weighted by Crippen LogP contribution is -2.51. The lowest BCUT2D eigenvalue weighted by Gasteiger charge is -2.35. The number of nitrogens with zero attached hydrogens (tertiary/aromatic N) is 1. The predicted octanol–water partition coefficient (Wildman–Crippen LogP) is 3.30. The van der Waals surface area contributed by atoms with E-state index in [1.54, 1.807) is 0 Å². The van der Waals surface area contributed by atoms with E-state index < -0.39 is 5.54 Å². The van der Waals surface area contributed by atoms with Crippen LogP contribution in [0.15, 0.2) is 24.3 Å². The average Bonchev–Trinajstić information content (AvgIpc) is 2.52. The fourth-order valence-corrected chi connectivity index (χ4v) is 4.06. The number of nitrogens with two attached hydrogens (primary N) is 1. The quantitative estimate of drug-likeness (QED) is 0.797. The first kappa shape index (κ1) is 19.9. The number of likely N-dealkylation sites (tertiary alicyclic amines) is 1. The summed E-state index contributed by atoms with van der Waals surface area (Å²) in [7, 11) is 0. The summed E-state index contributed by atoms with van der Waals surface area (Å²) in [5.74, 6) is 1.44. The SMILES string of the molecule is CCCC(C)(N)C(=O)NCc1ccccc1CN1CC(C)CC(C)C1. The molecule has 140 valence electrons. The van der Waals surface area contributed by atoms with Gasteiger partial charge in [0.15, 0.2) is 0 Å². The van der Waals surface area contributed by atoms with Crippen molar-refractivity contribution in [1.29, 1.82) is 0 Å². The number of piperidine rings is 1. The molecule has 1 heterocycles. The molecule has 4 nitrogen and oxygen atoms in total. The minimum atomic E-state index is -0.790. The maximum absolute atomic E-state index is 12.4. The van der Waals surface area contributed by atoms with E-state index in [4.69, 9.17) is 5.73 Å². The van der Waals surface area contributed by atoms with Crippen molar-refractivity contribution in [3.8, 4) is 0 Å². The van der Waals surface area contributed by atoms with Crippen molar-refractivity contribution in [1.82, 2.24) is 10.2 Å². The molecule has 2 rings (SSSR count). The van der Waals surface area contributed by atoms with Crippen LogP contribution in [0.3, 0.4) is 0 Å². The van der Waals surface area contributed by atoms with E-state index in [0.29, 0.717) is 13.0 Å². The number of nitrogens with one attached hydrogen (secondary N) is 1. The molecule has 0 aromatic heterocycles. The first-order chi connectivity index (χ1) is 11.8. The summed E-state index contributed by atoms with van der Waals surface area (Å²) in [5.41, 5.74) is 7.84. The van der Waals surface area contributed by atoms with Crippen LogP contribution in [-0.4, -0.2) is 29.4 Å². The van der Waals surface area contributed by atoms with Crippen molar-refractivity contribution in [2.75, 3.05) is 13.1 Å². The highest BCUT2D eigenvalue weighted by Gasteiger charge is 2.27. The van der Waals surface area contributed by atoms with Gasteiger partial charge in [-0.25, -0.2) is 0 Å². The van der Waals surface area contributed by atoms with Crippen LogP contribution >= 0.6 is 0 Å². The predicted molar refractivity (Wildman–Crippen MR) is 104 cm³/mol. The Morgan fingerprint density at radius 3 is 2.44 bits per heavy atom. The summed E-state index contributed by atoms with van der Waals surface area (Å²) in [4.78, 5) is 14.9. The molecule has 1 aliphatic heterocycles. The number of benzene rings is 1. The third kappa shape index (κ3) is 5.82. The van der Waals surface area contributed by atoms with Crippen molar-refractivity contribution >= 4 is 5.91 Å². The van der Waals surface area contributed by atoms with Crippen LogP contribution in [0.4, 0.5) is 0 Å². The van der Waals surface area contributed by atoms with Crippen LogP contribution in [0.25, 0.3) is 0 Å². The molecule has 0 bridgehead atoms. The molecule has 3 unspecified atom stereocenters. The van der Waals surface area contributed by atoms with Crippen molar-refractivity contribution in [2.45, 2.75) is 65.6 Å². The fourth-order valence-electron chi connectivity index (χ4n) is 4.06. The Kier molecular flexibility index (Phi) is 7.03. The molecule has 3 atom stereocenters. The number of hydrogen-bond acceptors (Lipinski definition) is 3. The molecule has 25 heavy (non-hydrogen) atoms. The second-order valence-corrected chi connectivity index (χ2v) is 8.26. The summed E-state index contributed by atoms with van der Waals surface area (Å²) in [5, 5.41) is 3.04. The maximum atomic E-state index is 12.4. The lowest BCUT2D eigenvalue weighted by molar-refractivity contribution is -0.126. The summed E-state index contributed by atoms with van der Waals surface area (Å²) < 4.78 is 0. The monoisotopic (exact) mass is 345 g/mol. The molecule has 0 radical (unpaired) electrons. The first-order valence-corrected chi connectivity index (χ1v) is 9.68. The van der Waals surface area contributed by atoms with Crippen LogP contribution < -0.4 is 11.1 Å². The zero-order valence-electron chi connectivity index (χ0n) is 16.3. The topological polar surface area (TPSA) is 58.4 Å². The minimum absolute atomic E-state index is 0.0654. The molecule has 1 aromatic rings. The second kappa shape index (κ2) is 8.81. The van der Waals surface area contributed by atoms with E-state index in [0.717, 1.165) is 37.9 Å². The molecule has 0 spiro atoms. The third-order valence-corrected chi connectivity index (χ3v) is 5.18. The molecular weight excluding hydrogens is 310 g/mol. The zero-order chi connectivity index (χ0) is 18.4. The normalized spacial score (nSPS) is 23.9. The molecule has 1 aromatic carbocycles. The molecule has 0 saturated carbocycles. The lowest BCUT2D eigenvalue weighted by atomic mass is 9.91. The van der Waals surface area contributed by atoms with Gasteiger partial charge in [0.2, 0.25) is 5.91 Å². The van der Waals surface area contributed by atoms with Crippen LogP contribution in [0.2, 0.25) is 0 Å². The fraction of sp³-hybridized carbons (Fsp3) is 0.667. The van der Waals surface area contributed by atoms with E-state index in [2.05, 4.69) is 42.3 Å². The van der Waals surface area contributed by atoms with Gasteiger partial charge in [-0.15, -0.1) is 0 Å². The summed E-state index contributed by atoms with van der Waals surface area (Å²) in [6, 6.07) is 8.42. The Morgan fingerprint density at radius 2 is 1.84 bits per heavy atom. The third-order valence-electron chi connectivity index (χ3n) is 5.18. The van der Waals surface area contributed by atoms with E-state index in [9.17, 15) is 4.79 Å². The molecule has 3 N–H and O–H groups in total. The first-order valence-electron chi connectivity index (χ1n) is 9.68. The van der Waals surface area contributed by atoms with Crippen LogP contribution in [0, 0.1) is 11.8 Å². The molecule has 4 heteroatoms. The average molecular weight is 346 g/mol. The molecule has 1 aliphatic rings.